The third-order valence-electron chi connectivity index (χ3n) is 3.39. The van der Waals surface area contributed by atoms with Crippen molar-refractivity contribution in [1.82, 2.24) is 5.32 Å². The van der Waals surface area contributed by atoms with Crippen molar-refractivity contribution in [3.05, 3.63) is 22.4 Å². The van der Waals surface area contributed by atoms with Crippen molar-refractivity contribution in [2.45, 2.75) is 64.8 Å². The maximum absolute atomic E-state index is 11.8. The van der Waals surface area contributed by atoms with E-state index < -0.39 is 6.04 Å². The molecule has 1 unspecified atom stereocenters. The number of carbonyl (C=O) groups is 2. The van der Waals surface area contributed by atoms with Crippen molar-refractivity contribution in [3.8, 4) is 0 Å². The van der Waals surface area contributed by atoms with E-state index in [1.165, 1.54) is 37.0 Å². The summed E-state index contributed by atoms with van der Waals surface area (Å²) in [6.45, 7) is 4.29. The number of ether oxygens (including phenoxy) is 1. The summed E-state index contributed by atoms with van der Waals surface area (Å²) >= 11 is 1.53. The SMILES string of the molecule is CCCCCCCCOC(=O)C(C)NC(=O)Cc1cccs1. The Kier molecular flexibility index (Phi) is 9.55. The molecule has 0 aromatic carbocycles. The minimum Gasteiger partial charge on any atom is -0.464 e. The molecule has 22 heavy (non-hydrogen) atoms. The Balaban J connectivity index is 2.10. The van der Waals surface area contributed by atoms with Crippen LogP contribution in [0.4, 0.5) is 0 Å². The van der Waals surface area contributed by atoms with Crippen LogP contribution in [0.1, 0.15) is 57.2 Å². The molecule has 1 rings (SSSR count). The molecule has 0 aliphatic rings. The van der Waals surface area contributed by atoms with Gasteiger partial charge in [0.15, 0.2) is 0 Å². The molecule has 1 N–H and O–H groups in total. The highest BCUT2D eigenvalue weighted by Gasteiger charge is 2.17. The molecule has 0 aliphatic heterocycles. The van der Waals surface area contributed by atoms with E-state index >= 15 is 0 Å². The lowest BCUT2D eigenvalue weighted by molar-refractivity contribution is -0.147. The van der Waals surface area contributed by atoms with Crippen LogP contribution < -0.4 is 5.32 Å². The fourth-order valence-electron chi connectivity index (χ4n) is 2.10. The molecule has 1 heterocycles. The number of carbonyl (C=O) groups excluding carboxylic acids is 2. The predicted molar refractivity (Wildman–Crippen MR) is 90.0 cm³/mol. The van der Waals surface area contributed by atoms with E-state index in [2.05, 4.69) is 12.2 Å². The summed E-state index contributed by atoms with van der Waals surface area (Å²) < 4.78 is 5.20. The largest absolute Gasteiger partial charge is 0.464 e. The number of thiophene rings is 1. The summed E-state index contributed by atoms with van der Waals surface area (Å²) in [5, 5.41) is 4.61. The van der Waals surface area contributed by atoms with Gasteiger partial charge in [0.05, 0.1) is 13.0 Å². The smallest absolute Gasteiger partial charge is 0.328 e. The molecule has 124 valence electrons. The van der Waals surface area contributed by atoms with Crippen LogP contribution in [0.3, 0.4) is 0 Å². The Hall–Kier alpha value is -1.36. The third kappa shape index (κ3) is 8.17. The molecule has 1 atom stereocenters. The summed E-state index contributed by atoms with van der Waals surface area (Å²) in [5.74, 6) is -0.500. The summed E-state index contributed by atoms with van der Waals surface area (Å²) in [5.41, 5.74) is 0. The normalized spacial score (nSPS) is 11.9. The van der Waals surface area contributed by atoms with Gasteiger partial charge in [-0.2, -0.15) is 0 Å². The molecule has 0 saturated carbocycles. The maximum atomic E-state index is 11.8. The van der Waals surface area contributed by atoms with Crippen molar-refractivity contribution in [2.24, 2.45) is 0 Å². The van der Waals surface area contributed by atoms with E-state index in [-0.39, 0.29) is 11.9 Å². The molecule has 1 aromatic rings. The van der Waals surface area contributed by atoms with E-state index in [4.69, 9.17) is 4.74 Å². The van der Waals surface area contributed by atoms with Crippen LogP contribution in [0.2, 0.25) is 0 Å². The highest BCUT2D eigenvalue weighted by Crippen LogP contribution is 2.09. The number of nitrogens with one attached hydrogen (secondary N) is 1. The predicted octanol–water partition coefficient (Wildman–Crippen LogP) is 3.70. The quantitative estimate of drug-likeness (QED) is 0.498. The molecule has 0 spiro atoms. The first-order valence-corrected chi connectivity index (χ1v) is 8.99. The van der Waals surface area contributed by atoms with Crippen LogP contribution in [0, 0.1) is 0 Å². The van der Waals surface area contributed by atoms with Crippen molar-refractivity contribution < 1.29 is 14.3 Å². The van der Waals surface area contributed by atoms with Crippen LogP contribution >= 0.6 is 11.3 Å². The Labute approximate surface area is 137 Å². The van der Waals surface area contributed by atoms with Crippen LogP contribution in [-0.2, 0) is 20.7 Å². The highest BCUT2D eigenvalue weighted by molar-refractivity contribution is 7.10. The van der Waals surface area contributed by atoms with Crippen LogP contribution in [0.15, 0.2) is 17.5 Å². The van der Waals surface area contributed by atoms with Gasteiger partial charge < -0.3 is 10.1 Å². The number of hydrogen-bond donors (Lipinski definition) is 1. The van der Waals surface area contributed by atoms with E-state index in [9.17, 15) is 9.59 Å². The fourth-order valence-corrected chi connectivity index (χ4v) is 2.81. The second-order valence-electron chi connectivity index (χ2n) is 5.48. The maximum Gasteiger partial charge on any atom is 0.328 e. The first-order chi connectivity index (χ1) is 10.6. The van der Waals surface area contributed by atoms with Crippen molar-refractivity contribution in [3.63, 3.8) is 0 Å². The minimum atomic E-state index is -0.590. The molecule has 4 nitrogen and oxygen atoms in total. The topological polar surface area (TPSA) is 55.4 Å². The molecular weight excluding hydrogens is 298 g/mol. The zero-order chi connectivity index (χ0) is 16.2. The Morgan fingerprint density at radius 1 is 1.23 bits per heavy atom. The van der Waals surface area contributed by atoms with Gasteiger partial charge in [-0.1, -0.05) is 45.1 Å². The lowest BCUT2D eigenvalue weighted by Gasteiger charge is -2.13. The van der Waals surface area contributed by atoms with Crippen molar-refractivity contribution >= 4 is 23.2 Å². The number of hydrogen-bond acceptors (Lipinski definition) is 4. The minimum absolute atomic E-state index is 0.147. The number of unbranched alkanes of at least 4 members (excludes halogenated alkanes) is 5. The molecule has 0 aliphatic carbocycles. The average molecular weight is 325 g/mol. The van der Waals surface area contributed by atoms with Gasteiger partial charge >= 0.3 is 5.97 Å². The Morgan fingerprint density at radius 3 is 2.64 bits per heavy atom. The van der Waals surface area contributed by atoms with Gasteiger partial charge in [-0.05, 0) is 24.8 Å². The molecule has 1 amide bonds. The molecule has 0 fully saturated rings. The van der Waals surface area contributed by atoms with E-state index in [0.29, 0.717) is 13.0 Å². The molecule has 0 bridgehead atoms. The molecule has 5 heteroatoms. The first-order valence-electron chi connectivity index (χ1n) is 8.12. The van der Waals surface area contributed by atoms with Gasteiger partial charge in [0.2, 0.25) is 5.91 Å². The fraction of sp³-hybridized carbons (Fsp3) is 0.647. The second kappa shape index (κ2) is 11.2. The summed E-state index contributed by atoms with van der Waals surface area (Å²) in [7, 11) is 0. The van der Waals surface area contributed by atoms with Gasteiger partial charge in [-0.15, -0.1) is 11.3 Å². The highest BCUT2D eigenvalue weighted by atomic mass is 32.1. The van der Waals surface area contributed by atoms with Gasteiger partial charge in [-0.25, -0.2) is 4.79 Å². The molecule has 0 saturated heterocycles. The van der Waals surface area contributed by atoms with Crippen molar-refractivity contribution in [1.29, 1.82) is 0 Å². The van der Waals surface area contributed by atoms with Gasteiger partial charge in [-0.3, -0.25) is 4.79 Å². The van der Waals surface area contributed by atoms with E-state index in [0.717, 1.165) is 17.7 Å². The monoisotopic (exact) mass is 325 g/mol. The van der Waals surface area contributed by atoms with Crippen LogP contribution in [0.5, 0.6) is 0 Å². The zero-order valence-electron chi connectivity index (χ0n) is 13.6. The standard InChI is InChI=1S/C17H27NO3S/c1-3-4-5-6-7-8-11-21-17(20)14(2)18-16(19)13-15-10-9-12-22-15/h9-10,12,14H,3-8,11,13H2,1-2H3,(H,18,19). The Morgan fingerprint density at radius 2 is 1.95 bits per heavy atom. The summed E-state index contributed by atoms with van der Waals surface area (Å²) in [4.78, 5) is 24.6. The number of rotatable bonds is 11. The number of esters is 1. The van der Waals surface area contributed by atoms with Crippen molar-refractivity contribution in [2.75, 3.05) is 6.61 Å². The lowest BCUT2D eigenvalue weighted by Crippen LogP contribution is -2.40. The second-order valence-corrected chi connectivity index (χ2v) is 6.51. The van der Waals surface area contributed by atoms with E-state index in [1.807, 2.05) is 17.5 Å². The van der Waals surface area contributed by atoms with Gasteiger partial charge in [0.1, 0.15) is 6.04 Å². The Bertz CT molecular complexity index is 431. The number of amides is 1. The van der Waals surface area contributed by atoms with Gasteiger partial charge in [0.25, 0.3) is 0 Å². The van der Waals surface area contributed by atoms with Gasteiger partial charge in [0, 0.05) is 4.88 Å². The molecule has 0 radical (unpaired) electrons. The lowest BCUT2D eigenvalue weighted by atomic mass is 10.1. The average Bonchev–Trinajstić information content (AvgIpc) is 2.98. The first kappa shape index (κ1) is 18.7. The summed E-state index contributed by atoms with van der Waals surface area (Å²) in [6.07, 6.45) is 7.24. The molecule has 1 aromatic heterocycles. The van der Waals surface area contributed by atoms with Crippen LogP contribution in [0.25, 0.3) is 0 Å². The van der Waals surface area contributed by atoms with E-state index in [1.54, 1.807) is 6.92 Å². The molecular formula is C17H27NO3S. The zero-order valence-corrected chi connectivity index (χ0v) is 14.4. The van der Waals surface area contributed by atoms with Crippen LogP contribution in [-0.4, -0.2) is 24.5 Å². The third-order valence-corrected chi connectivity index (χ3v) is 4.26. The summed E-state index contributed by atoms with van der Waals surface area (Å²) in [6, 6.07) is 3.23.